The second kappa shape index (κ2) is 4.07. The monoisotopic (exact) mass is 289 g/mol. The Morgan fingerprint density at radius 2 is 2.09 bits per heavy atom. The van der Waals surface area contributed by atoms with Crippen LogP contribution in [0.2, 0.25) is 0 Å². The van der Waals surface area contributed by atoms with Gasteiger partial charge in [-0.3, -0.25) is 0 Å². The Morgan fingerprint density at radius 3 is 3.05 bits per heavy atom. The molecule has 4 aromatic rings. The maximum atomic E-state index is 13.4. The predicted molar refractivity (Wildman–Crippen MR) is 86.0 cm³/mol. The SMILES string of the molecule is Fc1ccc2nc(-c3cccc4cc5n(c34)C=CC5)[nH]c2c1. The molecule has 0 saturated heterocycles. The summed E-state index contributed by atoms with van der Waals surface area (Å²) < 4.78 is 15.6. The molecule has 0 atom stereocenters. The normalized spacial score (nSPS) is 13.3. The minimum atomic E-state index is -0.257. The number of H-pyrrole nitrogens is 1. The quantitative estimate of drug-likeness (QED) is 0.555. The first-order valence-corrected chi connectivity index (χ1v) is 7.25. The summed E-state index contributed by atoms with van der Waals surface area (Å²) in [5.41, 5.74) is 4.95. The van der Waals surface area contributed by atoms with Crippen LogP contribution in [0.3, 0.4) is 0 Å². The summed E-state index contributed by atoms with van der Waals surface area (Å²) in [5, 5.41) is 1.20. The lowest BCUT2D eigenvalue weighted by molar-refractivity contribution is 0.629. The molecule has 1 aliphatic heterocycles. The van der Waals surface area contributed by atoms with Crippen LogP contribution in [-0.4, -0.2) is 14.5 Å². The highest BCUT2D eigenvalue weighted by Crippen LogP contribution is 2.33. The van der Waals surface area contributed by atoms with Gasteiger partial charge in [0.2, 0.25) is 0 Å². The van der Waals surface area contributed by atoms with Gasteiger partial charge in [-0.05, 0) is 30.3 Å². The van der Waals surface area contributed by atoms with Crippen molar-refractivity contribution in [3.8, 4) is 11.4 Å². The van der Waals surface area contributed by atoms with Crippen molar-refractivity contribution in [3.05, 3.63) is 60.1 Å². The summed E-state index contributed by atoms with van der Waals surface area (Å²) in [6.07, 6.45) is 5.21. The van der Waals surface area contributed by atoms with Crippen LogP contribution in [0.1, 0.15) is 5.69 Å². The fourth-order valence-electron chi connectivity index (χ4n) is 3.25. The van der Waals surface area contributed by atoms with E-state index in [0.29, 0.717) is 0 Å². The summed E-state index contributed by atoms with van der Waals surface area (Å²) in [6, 6.07) is 13.0. The third-order valence-corrected chi connectivity index (χ3v) is 4.22. The Balaban J connectivity index is 1.83. The highest BCUT2D eigenvalue weighted by Gasteiger charge is 2.16. The van der Waals surface area contributed by atoms with Gasteiger partial charge in [0, 0.05) is 29.3 Å². The first kappa shape index (κ1) is 11.7. The van der Waals surface area contributed by atoms with Gasteiger partial charge in [-0.25, -0.2) is 9.37 Å². The molecule has 3 heterocycles. The third kappa shape index (κ3) is 1.52. The molecule has 0 bridgehead atoms. The molecule has 5 rings (SSSR count). The van der Waals surface area contributed by atoms with E-state index in [1.54, 1.807) is 6.07 Å². The van der Waals surface area contributed by atoms with E-state index in [9.17, 15) is 4.39 Å². The smallest absolute Gasteiger partial charge is 0.140 e. The van der Waals surface area contributed by atoms with Crippen molar-refractivity contribution < 1.29 is 4.39 Å². The molecule has 0 radical (unpaired) electrons. The molecule has 22 heavy (non-hydrogen) atoms. The topological polar surface area (TPSA) is 33.6 Å². The number of aromatic nitrogens is 3. The minimum Gasteiger partial charge on any atom is -0.338 e. The molecule has 0 saturated carbocycles. The van der Waals surface area contributed by atoms with Gasteiger partial charge in [-0.1, -0.05) is 18.2 Å². The minimum absolute atomic E-state index is 0.257. The molecule has 2 aromatic heterocycles. The third-order valence-electron chi connectivity index (χ3n) is 4.22. The fraction of sp³-hybridized carbons (Fsp3) is 0.0556. The van der Waals surface area contributed by atoms with Crippen molar-refractivity contribution >= 4 is 28.1 Å². The number of nitrogens with one attached hydrogen (secondary N) is 1. The predicted octanol–water partition coefficient (Wildman–Crippen LogP) is 4.35. The van der Waals surface area contributed by atoms with Crippen LogP contribution in [0.25, 0.3) is 39.5 Å². The van der Waals surface area contributed by atoms with Crippen molar-refractivity contribution in [3.63, 3.8) is 0 Å². The van der Waals surface area contributed by atoms with Gasteiger partial charge in [0.05, 0.1) is 16.6 Å². The molecule has 106 valence electrons. The maximum Gasteiger partial charge on any atom is 0.140 e. The van der Waals surface area contributed by atoms with Gasteiger partial charge in [0.1, 0.15) is 11.6 Å². The molecule has 2 aromatic carbocycles. The zero-order valence-electron chi connectivity index (χ0n) is 11.7. The number of hydrogen-bond donors (Lipinski definition) is 1. The molecule has 4 heteroatoms. The van der Waals surface area contributed by atoms with Crippen LogP contribution in [0, 0.1) is 5.82 Å². The van der Waals surface area contributed by atoms with E-state index in [1.165, 1.54) is 23.2 Å². The zero-order chi connectivity index (χ0) is 14.7. The Morgan fingerprint density at radius 1 is 1.14 bits per heavy atom. The molecule has 0 spiro atoms. The van der Waals surface area contributed by atoms with Crippen LogP contribution in [0.5, 0.6) is 0 Å². The van der Waals surface area contributed by atoms with E-state index in [2.05, 4.69) is 45.0 Å². The summed E-state index contributed by atoms with van der Waals surface area (Å²) >= 11 is 0. The number of halogens is 1. The molecule has 0 fully saturated rings. The largest absolute Gasteiger partial charge is 0.338 e. The summed E-state index contributed by atoms with van der Waals surface area (Å²) in [5.74, 6) is 0.514. The molecule has 1 N–H and O–H groups in total. The zero-order valence-corrected chi connectivity index (χ0v) is 11.7. The van der Waals surface area contributed by atoms with Crippen molar-refractivity contribution in [2.45, 2.75) is 6.42 Å². The van der Waals surface area contributed by atoms with E-state index in [4.69, 9.17) is 0 Å². The highest BCUT2D eigenvalue weighted by molar-refractivity contribution is 5.97. The molecule has 3 nitrogen and oxygen atoms in total. The van der Waals surface area contributed by atoms with E-state index >= 15 is 0 Å². The van der Waals surface area contributed by atoms with Crippen molar-refractivity contribution in [2.24, 2.45) is 0 Å². The van der Waals surface area contributed by atoms with Gasteiger partial charge in [-0.15, -0.1) is 0 Å². The van der Waals surface area contributed by atoms with Gasteiger partial charge in [-0.2, -0.15) is 0 Å². The molecule has 1 aliphatic rings. The number of aromatic amines is 1. The van der Waals surface area contributed by atoms with Gasteiger partial charge >= 0.3 is 0 Å². The number of imidazole rings is 1. The Hall–Kier alpha value is -2.88. The van der Waals surface area contributed by atoms with E-state index < -0.39 is 0 Å². The maximum absolute atomic E-state index is 13.4. The van der Waals surface area contributed by atoms with E-state index in [0.717, 1.165) is 34.4 Å². The van der Waals surface area contributed by atoms with Crippen LogP contribution in [0.15, 0.2) is 48.5 Å². The molecular weight excluding hydrogens is 277 g/mol. The Bertz CT molecular complexity index is 1070. The fourth-order valence-corrected chi connectivity index (χ4v) is 3.25. The van der Waals surface area contributed by atoms with Crippen LogP contribution in [0.4, 0.5) is 4.39 Å². The van der Waals surface area contributed by atoms with Crippen LogP contribution < -0.4 is 0 Å². The molecule has 0 unspecified atom stereocenters. The number of hydrogen-bond acceptors (Lipinski definition) is 1. The second-order valence-corrected chi connectivity index (χ2v) is 5.58. The molecule has 0 amide bonds. The lowest BCUT2D eigenvalue weighted by Gasteiger charge is -2.04. The highest BCUT2D eigenvalue weighted by atomic mass is 19.1. The van der Waals surface area contributed by atoms with E-state index in [1.807, 2.05) is 6.07 Å². The Labute approximate surface area is 125 Å². The van der Waals surface area contributed by atoms with Crippen molar-refractivity contribution in [2.75, 3.05) is 0 Å². The van der Waals surface area contributed by atoms with Gasteiger partial charge < -0.3 is 9.55 Å². The number of allylic oxidation sites excluding steroid dienone is 1. The summed E-state index contributed by atoms with van der Waals surface area (Å²) in [6.45, 7) is 0. The molecular formula is C18H12FN3. The number of benzene rings is 2. The Kier molecular flexibility index (Phi) is 2.17. The molecule has 0 aliphatic carbocycles. The number of para-hydroxylation sites is 1. The van der Waals surface area contributed by atoms with Gasteiger partial charge in [0.25, 0.3) is 0 Å². The first-order valence-electron chi connectivity index (χ1n) is 7.25. The number of fused-ring (bicyclic) bond motifs is 4. The standard InChI is InChI=1S/C18H12FN3/c19-12-6-7-15-16(10-12)21-18(20-15)14-5-1-3-11-9-13-4-2-8-22(13)17(11)14/h1-3,5-10H,4H2,(H,20,21). The average molecular weight is 289 g/mol. The summed E-state index contributed by atoms with van der Waals surface area (Å²) in [7, 11) is 0. The number of nitrogens with zero attached hydrogens (tertiary/aromatic N) is 2. The lowest BCUT2D eigenvalue weighted by atomic mass is 10.1. The van der Waals surface area contributed by atoms with Gasteiger partial charge in [0.15, 0.2) is 0 Å². The average Bonchev–Trinajstić information content (AvgIpc) is 3.18. The second-order valence-electron chi connectivity index (χ2n) is 5.58. The summed E-state index contributed by atoms with van der Waals surface area (Å²) in [4.78, 5) is 7.86. The number of rotatable bonds is 1. The first-order chi connectivity index (χ1) is 10.8. The van der Waals surface area contributed by atoms with Crippen molar-refractivity contribution in [1.82, 2.24) is 14.5 Å². The van der Waals surface area contributed by atoms with Crippen LogP contribution in [-0.2, 0) is 6.42 Å². The van der Waals surface area contributed by atoms with Crippen LogP contribution >= 0.6 is 0 Å². The van der Waals surface area contributed by atoms with Crippen molar-refractivity contribution in [1.29, 1.82) is 0 Å². The van der Waals surface area contributed by atoms with E-state index in [-0.39, 0.29) is 5.82 Å². The lowest BCUT2D eigenvalue weighted by Crippen LogP contribution is -1.90.